The van der Waals surface area contributed by atoms with E-state index in [1.165, 1.54) is 0 Å². The lowest BCUT2D eigenvalue weighted by atomic mass is 10.1. The Labute approximate surface area is 146 Å². The second-order valence-corrected chi connectivity index (χ2v) is 5.54. The second kappa shape index (κ2) is 7.55. The van der Waals surface area contributed by atoms with Crippen LogP contribution in [0, 0.1) is 6.92 Å². The number of aromatic nitrogens is 5. The first-order chi connectivity index (χ1) is 12.5. The van der Waals surface area contributed by atoms with Crippen LogP contribution < -0.4 is 16.6 Å². The number of hydrogen-bond donors (Lipinski definition) is 3. The number of rotatable bonds is 6. The molecule has 10 nitrogen and oxygen atoms in total. The highest BCUT2D eigenvalue weighted by Crippen LogP contribution is 2.13. The lowest BCUT2D eigenvalue weighted by molar-refractivity contribution is -0.120. The van der Waals surface area contributed by atoms with Crippen LogP contribution in [0.1, 0.15) is 17.1 Å². The summed E-state index contributed by atoms with van der Waals surface area (Å²) in [6.07, 6.45) is 3.48. The van der Waals surface area contributed by atoms with Crippen LogP contribution in [0.2, 0.25) is 0 Å². The fourth-order valence-electron chi connectivity index (χ4n) is 2.34. The summed E-state index contributed by atoms with van der Waals surface area (Å²) < 4.78 is 5.14. The monoisotopic (exact) mass is 356 g/mol. The molecule has 3 heterocycles. The number of aromatic amines is 2. The van der Waals surface area contributed by atoms with Crippen LogP contribution in [-0.2, 0) is 17.6 Å². The molecule has 10 heteroatoms. The Morgan fingerprint density at radius 2 is 2.15 bits per heavy atom. The molecule has 0 bridgehead atoms. The quantitative estimate of drug-likeness (QED) is 0.550. The maximum Gasteiger partial charge on any atom is 0.325 e. The van der Waals surface area contributed by atoms with Gasteiger partial charge in [0.05, 0.1) is 6.42 Å². The van der Waals surface area contributed by atoms with Gasteiger partial charge in [-0.25, -0.2) is 4.79 Å². The van der Waals surface area contributed by atoms with Crippen molar-refractivity contribution in [1.29, 1.82) is 0 Å². The number of nitrogens with zero attached hydrogens (tertiary/aromatic N) is 3. The van der Waals surface area contributed by atoms with E-state index in [-0.39, 0.29) is 24.4 Å². The van der Waals surface area contributed by atoms with Gasteiger partial charge in [0.2, 0.25) is 17.6 Å². The van der Waals surface area contributed by atoms with Gasteiger partial charge in [-0.1, -0.05) is 5.16 Å². The molecule has 3 rings (SSSR count). The van der Waals surface area contributed by atoms with Gasteiger partial charge in [-0.3, -0.25) is 19.6 Å². The van der Waals surface area contributed by atoms with E-state index in [0.717, 1.165) is 5.56 Å². The lowest BCUT2D eigenvalue weighted by Gasteiger charge is -2.05. The Morgan fingerprint density at radius 3 is 2.88 bits per heavy atom. The molecule has 134 valence electrons. The zero-order chi connectivity index (χ0) is 18.5. The molecule has 0 aliphatic rings. The SMILES string of the molecule is Cc1[nH]c(=O)[nH]c(=O)c1CC(=O)NCCc1nc(-c2cccnc2)no1. The molecule has 0 aromatic carbocycles. The molecule has 3 aromatic rings. The summed E-state index contributed by atoms with van der Waals surface area (Å²) in [5.41, 5.74) is 0.154. The van der Waals surface area contributed by atoms with Crippen molar-refractivity contribution in [1.82, 2.24) is 30.4 Å². The minimum atomic E-state index is -0.600. The van der Waals surface area contributed by atoms with E-state index in [0.29, 0.717) is 23.8 Å². The summed E-state index contributed by atoms with van der Waals surface area (Å²) in [5.74, 6) is 0.453. The minimum absolute atomic E-state index is 0.136. The van der Waals surface area contributed by atoms with E-state index in [1.54, 1.807) is 25.4 Å². The largest absolute Gasteiger partial charge is 0.355 e. The van der Waals surface area contributed by atoms with Gasteiger partial charge < -0.3 is 14.8 Å². The molecule has 0 aliphatic carbocycles. The molecule has 26 heavy (non-hydrogen) atoms. The number of nitrogens with one attached hydrogen (secondary N) is 3. The fraction of sp³-hybridized carbons (Fsp3) is 0.250. The smallest absolute Gasteiger partial charge is 0.325 e. The number of amides is 1. The van der Waals surface area contributed by atoms with E-state index in [4.69, 9.17) is 4.52 Å². The van der Waals surface area contributed by atoms with Crippen molar-refractivity contribution >= 4 is 5.91 Å². The first-order valence-electron chi connectivity index (χ1n) is 7.84. The maximum absolute atomic E-state index is 12.0. The van der Waals surface area contributed by atoms with Gasteiger partial charge in [-0.15, -0.1) is 0 Å². The van der Waals surface area contributed by atoms with Crippen LogP contribution in [-0.4, -0.2) is 37.5 Å². The summed E-state index contributed by atoms with van der Waals surface area (Å²) in [6, 6.07) is 3.58. The van der Waals surface area contributed by atoms with Gasteiger partial charge in [-0.05, 0) is 19.1 Å². The standard InChI is InChI=1S/C16H16N6O4/c1-9-11(15(24)21-16(25)19-9)7-12(23)18-6-4-13-20-14(22-26-13)10-3-2-5-17-8-10/h2-3,5,8H,4,6-7H2,1H3,(H,18,23)(H2,19,21,24,25). The highest BCUT2D eigenvalue weighted by Gasteiger charge is 2.12. The van der Waals surface area contributed by atoms with E-state index in [1.807, 2.05) is 6.07 Å². The number of H-pyrrole nitrogens is 2. The summed E-state index contributed by atoms with van der Waals surface area (Å²) in [5, 5.41) is 6.54. The number of carbonyl (C=O) groups is 1. The van der Waals surface area contributed by atoms with Gasteiger partial charge in [0, 0.05) is 42.2 Å². The first kappa shape index (κ1) is 17.3. The molecule has 3 aromatic heterocycles. The molecule has 0 fully saturated rings. The van der Waals surface area contributed by atoms with Crippen LogP contribution in [0.15, 0.2) is 38.6 Å². The van der Waals surface area contributed by atoms with Crippen molar-refractivity contribution < 1.29 is 9.32 Å². The average molecular weight is 356 g/mol. The first-order valence-corrected chi connectivity index (χ1v) is 7.84. The molecule has 0 aliphatic heterocycles. The van der Waals surface area contributed by atoms with Crippen LogP contribution in [0.5, 0.6) is 0 Å². The van der Waals surface area contributed by atoms with Gasteiger partial charge in [0.15, 0.2) is 0 Å². The van der Waals surface area contributed by atoms with E-state index in [2.05, 4.69) is 30.4 Å². The number of aryl methyl sites for hydroxylation is 1. The van der Waals surface area contributed by atoms with Crippen LogP contribution in [0.3, 0.4) is 0 Å². The molecular weight excluding hydrogens is 340 g/mol. The summed E-state index contributed by atoms with van der Waals surface area (Å²) in [7, 11) is 0. The zero-order valence-corrected chi connectivity index (χ0v) is 13.9. The predicted molar refractivity (Wildman–Crippen MR) is 90.4 cm³/mol. The summed E-state index contributed by atoms with van der Waals surface area (Å²) in [4.78, 5) is 47.6. The number of hydrogen-bond acceptors (Lipinski definition) is 7. The van der Waals surface area contributed by atoms with Crippen LogP contribution >= 0.6 is 0 Å². The lowest BCUT2D eigenvalue weighted by Crippen LogP contribution is -2.33. The highest BCUT2D eigenvalue weighted by atomic mass is 16.5. The van der Waals surface area contributed by atoms with E-state index >= 15 is 0 Å². The Morgan fingerprint density at radius 1 is 1.31 bits per heavy atom. The second-order valence-electron chi connectivity index (χ2n) is 5.54. The third-order valence-corrected chi connectivity index (χ3v) is 3.64. The highest BCUT2D eigenvalue weighted by molar-refractivity contribution is 5.78. The number of carbonyl (C=O) groups excluding carboxylic acids is 1. The van der Waals surface area contributed by atoms with Crippen molar-refractivity contribution in [3.8, 4) is 11.4 Å². The molecule has 0 atom stereocenters. The van der Waals surface area contributed by atoms with Crippen LogP contribution in [0.25, 0.3) is 11.4 Å². The Balaban J connectivity index is 1.54. The van der Waals surface area contributed by atoms with E-state index in [9.17, 15) is 14.4 Å². The normalized spacial score (nSPS) is 10.7. The zero-order valence-electron chi connectivity index (χ0n) is 13.9. The molecule has 0 unspecified atom stereocenters. The fourth-order valence-corrected chi connectivity index (χ4v) is 2.34. The molecule has 0 radical (unpaired) electrons. The molecule has 0 spiro atoms. The van der Waals surface area contributed by atoms with Gasteiger partial charge in [0.25, 0.3) is 5.56 Å². The topological polar surface area (TPSA) is 147 Å². The molecular formula is C16H16N6O4. The maximum atomic E-state index is 12.0. The Kier molecular flexibility index (Phi) is 5.02. The van der Waals surface area contributed by atoms with Crippen molar-refractivity contribution in [2.45, 2.75) is 19.8 Å². The van der Waals surface area contributed by atoms with Gasteiger partial charge in [0.1, 0.15) is 0 Å². The summed E-state index contributed by atoms with van der Waals surface area (Å²) >= 11 is 0. The van der Waals surface area contributed by atoms with Crippen molar-refractivity contribution in [3.63, 3.8) is 0 Å². The van der Waals surface area contributed by atoms with Crippen LogP contribution in [0.4, 0.5) is 0 Å². The summed E-state index contributed by atoms with van der Waals surface area (Å²) in [6.45, 7) is 1.84. The third kappa shape index (κ3) is 4.09. The van der Waals surface area contributed by atoms with E-state index < -0.39 is 11.2 Å². The molecule has 3 N–H and O–H groups in total. The van der Waals surface area contributed by atoms with Gasteiger partial charge in [-0.2, -0.15) is 4.98 Å². The van der Waals surface area contributed by atoms with Crippen molar-refractivity contribution in [2.75, 3.05) is 6.54 Å². The average Bonchev–Trinajstić information content (AvgIpc) is 3.08. The molecule has 1 amide bonds. The minimum Gasteiger partial charge on any atom is -0.355 e. The third-order valence-electron chi connectivity index (χ3n) is 3.64. The Bertz CT molecular complexity index is 1020. The molecule has 0 saturated heterocycles. The number of pyridine rings is 1. The van der Waals surface area contributed by atoms with Crippen molar-refractivity contribution in [3.05, 3.63) is 62.5 Å². The molecule has 0 saturated carbocycles. The Hall–Kier alpha value is -3.56. The predicted octanol–water partition coefficient (Wildman–Crippen LogP) is -0.282. The van der Waals surface area contributed by atoms with Gasteiger partial charge >= 0.3 is 5.69 Å². The van der Waals surface area contributed by atoms with Crippen molar-refractivity contribution in [2.24, 2.45) is 0 Å².